The van der Waals surface area contributed by atoms with Crippen molar-refractivity contribution in [3.05, 3.63) is 0 Å². The van der Waals surface area contributed by atoms with E-state index in [9.17, 15) is 8.42 Å². The number of rotatable bonds is 3. The van der Waals surface area contributed by atoms with Crippen LogP contribution in [0.3, 0.4) is 0 Å². The fourth-order valence-corrected chi connectivity index (χ4v) is 3.47. The zero-order valence-corrected chi connectivity index (χ0v) is 9.89. The van der Waals surface area contributed by atoms with E-state index in [0.29, 0.717) is 18.4 Å². The van der Waals surface area contributed by atoms with Gasteiger partial charge in [-0.05, 0) is 31.2 Å². The molecular weight excluding hydrogens is 198 g/mol. The lowest BCUT2D eigenvalue weighted by Gasteiger charge is -2.31. The molecule has 4 heteroatoms. The fraction of sp³-hybridized carbons (Fsp3) is 1.00. The first-order chi connectivity index (χ1) is 6.45. The first-order valence-electron chi connectivity index (χ1n) is 5.34. The summed E-state index contributed by atoms with van der Waals surface area (Å²) in [6.07, 6.45) is 5.19. The van der Waals surface area contributed by atoms with Gasteiger partial charge in [0.2, 0.25) is 0 Å². The van der Waals surface area contributed by atoms with Gasteiger partial charge < -0.3 is 5.73 Å². The van der Waals surface area contributed by atoms with E-state index in [2.05, 4.69) is 6.92 Å². The smallest absolute Gasteiger partial charge is 0.150 e. The molecule has 0 bridgehead atoms. The molecule has 0 aromatic rings. The Balaban J connectivity index is 2.61. The van der Waals surface area contributed by atoms with Crippen molar-refractivity contribution in [3.8, 4) is 0 Å². The summed E-state index contributed by atoms with van der Waals surface area (Å²) in [4.78, 5) is 0. The van der Waals surface area contributed by atoms with Gasteiger partial charge in [0.1, 0.15) is 9.84 Å². The van der Waals surface area contributed by atoms with Crippen LogP contribution < -0.4 is 5.73 Å². The van der Waals surface area contributed by atoms with Gasteiger partial charge in [0.15, 0.2) is 0 Å². The normalized spacial score (nSPS) is 31.4. The summed E-state index contributed by atoms with van der Waals surface area (Å²) in [6, 6.07) is 0. The molecule has 1 aliphatic rings. The summed E-state index contributed by atoms with van der Waals surface area (Å²) in [5, 5.41) is -0.116. The molecule has 1 rings (SSSR count). The molecule has 84 valence electrons. The third kappa shape index (κ3) is 2.95. The Labute approximate surface area is 87.0 Å². The lowest BCUT2D eigenvalue weighted by Crippen LogP contribution is -2.32. The maximum atomic E-state index is 11.4. The van der Waals surface area contributed by atoms with E-state index in [0.717, 1.165) is 25.7 Å². The van der Waals surface area contributed by atoms with Gasteiger partial charge in [-0.15, -0.1) is 0 Å². The zero-order valence-electron chi connectivity index (χ0n) is 9.07. The quantitative estimate of drug-likeness (QED) is 0.775. The van der Waals surface area contributed by atoms with E-state index in [1.165, 1.54) is 6.26 Å². The van der Waals surface area contributed by atoms with Crippen molar-refractivity contribution >= 4 is 9.84 Å². The van der Waals surface area contributed by atoms with Crippen LogP contribution >= 0.6 is 0 Å². The monoisotopic (exact) mass is 219 g/mol. The van der Waals surface area contributed by atoms with Gasteiger partial charge >= 0.3 is 0 Å². The van der Waals surface area contributed by atoms with E-state index in [1.807, 2.05) is 0 Å². The van der Waals surface area contributed by atoms with E-state index < -0.39 is 9.84 Å². The highest BCUT2D eigenvalue weighted by molar-refractivity contribution is 7.91. The van der Waals surface area contributed by atoms with Gasteiger partial charge in [0.25, 0.3) is 0 Å². The molecule has 1 aliphatic carbocycles. The standard InChI is InChI=1S/C10H21NO2S/c1-8(7-11)9-4-3-5-10(6-9)14(2,12)13/h8-10H,3-7,11H2,1-2H3. The summed E-state index contributed by atoms with van der Waals surface area (Å²) >= 11 is 0. The van der Waals surface area contributed by atoms with E-state index >= 15 is 0 Å². The maximum Gasteiger partial charge on any atom is 0.150 e. The third-order valence-corrected chi connectivity index (χ3v) is 5.09. The van der Waals surface area contributed by atoms with Crippen LogP contribution in [-0.4, -0.2) is 26.5 Å². The minimum Gasteiger partial charge on any atom is -0.330 e. The number of nitrogens with two attached hydrogens (primary N) is 1. The van der Waals surface area contributed by atoms with Crippen LogP contribution in [0.15, 0.2) is 0 Å². The van der Waals surface area contributed by atoms with Crippen molar-refractivity contribution in [2.24, 2.45) is 17.6 Å². The minimum absolute atomic E-state index is 0.116. The molecule has 1 saturated carbocycles. The molecule has 0 radical (unpaired) electrons. The number of sulfone groups is 1. The Kier molecular flexibility index (Phi) is 3.95. The van der Waals surface area contributed by atoms with E-state index in [-0.39, 0.29) is 5.25 Å². The van der Waals surface area contributed by atoms with Crippen molar-refractivity contribution in [2.45, 2.75) is 37.9 Å². The average Bonchev–Trinajstić information content (AvgIpc) is 2.15. The molecule has 0 aromatic heterocycles. The third-order valence-electron chi connectivity index (χ3n) is 3.45. The van der Waals surface area contributed by atoms with Crippen molar-refractivity contribution in [2.75, 3.05) is 12.8 Å². The topological polar surface area (TPSA) is 60.2 Å². The molecule has 0 heterocycles. The molecular formula is C10H21NO2S. The Bertz CT molecular complexity index is 274. The van der Waals surface area contributed by atoms with Gasteiger partial charge in [-0.3, -0.25) is 0 Å². The summed E-state index contributed by atoms with van der Waals surface area (Å²) in [5.41, 5.74) is 5.61. The van der Waals surface area contributed by atoms with Crippen LogP contribution in [0.1, 0.15) is 32.6 Å². The lowest BCUT2D eigenvalue weighted by molar-refractivity contribution is 0.270. The molecule has 0 saturated heterocycles. The Morgan fingerprint density at radius 3 is 2.57 bits per heavy atom. The van der Waals surface area contributed by atoms with Crippen LogP contribution in [0.2, 0.25) is 0 Å². The van der Waals surface area contributed by atoms with Crippen LogP contribution in [0.25, 0.3) is 0 Å². The predicted octanol–water partition coefficient (Wildman–Crippen LogP) is 1.18. The van der Waals surface area contributed by atoms with E-state index in [1.54, 1.807) is 0 Å². The lowest BCUT2D eigenvalue weighted by atomic mass is 9.81. The van der Waals surface area contributed by atoms with Gasteiger partial charge in [-0.1, -0.05) is 19.8 Å². The second-order valence-electron chi connectivity index (χ2n) is 4.59. The number of hydrogen-bond donors (Lipinski definition) is 1. The second kappa shape index (κ2) is 4.62. The molecule has 3 atom stereocenters. The van der Waals surface area contributed by atoms with Gasteiger partial charge in [0, 0.05) is 6.26 Å². The Morgan fingerprint density at radius 1 is 1.43 bits per heavy atom. The van der Waals surface area contributed by atoms with Gasteiger partial charge in [-0.25, -0.2) is 8.42 Å². The summed E-state index contributed by atoms with van der Waals surface area (Å²) in [5.74, 6) is 0.966. The van der Waals surface area contributed by atoms with Gasteiger partial charge in [0.05, 0.1) is 5.25 Å². The largest absolute Gasteiger partial charge is 0.330 e. The second-order valence-corrected chi connectivity index (χ2v) is 6.92. The summed E-state index contributed by atoms with van der Waals surface area (Å²) < 4.78 is 22.8. The molecule has 0 aromatic carbocycles. The fourth-order valence-electron chi connectivity index (χ4n) is 2.28. The molecule has 2 N–H and O–H groups in total. The maximum absolute atomic E-state index is 11.4. The van der Waals surface area contributed by atoms with Crippen molar-refractivity contribution in [1.29, 1.82) is 0 Å². The Hall–Kier alpha value is -0.0900. The average molecular weight is 219 g/mol. The molecule has 14 heavy (non-hydrogen) atoms. The highest BCUT2D eigenvalue weighted by atomic mass is 32.2. The van der Waals surface area contributed by atoms with Crippen molar-refractivity contribution < 1.29 is 8.42 Å². The number of hydrogen-bond acceptors (Lipinski definition) is 3. The zero-order chi connectivity index (χ0) is 10.8. The van der Waals surface area contributed by atoms with Crippen LogP contribution in [0.5, 0.6) is 0 Å². The molecule has 0 aliphatic heterocycles. The minimum atomic E-state index is -2.84. The highest BCUT2D eigenvalue weighted by Crippen LogP contribution is 2.32. The first-order valence-corrected chi connectivity index (χ1v) is 7.29. The molecule has 0 spiro atoms. The van der Waals surface area contributed by atoms with E-state index in [4.69, 9.17) is 5.73 Å². The van der Waals surface area contributed by atoms with Crippen LogP contribution in [-0.2, 0) is 9.84 Å². The van der Waals surface area contributed by atoms with Gasteiger partial charge in [-0.2, -0.15) is 0 Å². The summed E-state index contributed by atoms with van der Waals surface area (Å²) in [7, 11) is -2.84. The van der Waals surface area contributed by atoms with Crippen molar-refractivity contribution in [1.82, 2.24) is 0 Å². The van der Waals surface area contributed by atoms with Crippen LogP contribution in [0.4, 0.5) is 0 Å². The summed E-state index contributed by atoms with van der Waals surface area (Å²) in [6.45, 7) is 2.79. The molecule has 0 amide bonds. The SMILES string of the molecule is CC(CN)C1CCCC(S(C)(=O)=O)C1. The van der Waals surface area contributed by atoms with Crippen molar-refractivity contribution in [3.63, 3.8) is 0 Å². The predicted molar refractivity (Wildman–Crippen MR) is 58.8 cm³/mol. The highest BCUT2D eigenvalue weighted by Gasteiger charge is 2.30. The molecule has 1 fully saturated rings. The Morgan fingerprint density at radius 2 is 2.07 bits per heavy atom. The first kappa shape index (κ1) is 12.0. The van der Waals surface area contributed by atoms with Crippen LogP contribution in [0, 0.1) is 11.8 Å². The molecule has 3 nitrogen and oxygen atoms in total. The molecule has 3 unspecified atom stereocenters.